The molecule has 0 amide bonds. The summed E-state index contributed by atoms with van der Waals surface area (Å²) in [7, 11) is 0. The van der Waals surface area contributed by atoms with Crippen molar-refractivity contribution in [1.29, 1.82) is 0 Å². The number of rotatable bonds is 1. The van der Waals surface area contributed by atoms with Crippen molar-refractivity contribution in [1.82, 2.24) is 0 Å². The van der Waals surface area contributed by atoms with Gasteiger partial charge in [0, 0.05) is 0 Å². The summed E-state index contributed by atoms with van der Waals surface area (Å²) in [5.74, 6) is 0. The van der Waals surface area contributed by atoms with Crippen molar-refractivity contribution in [3.8, 4) is 0 Å². The van der Waals surface area contributed by atoms with Gasteiger partial charge in [-0.05, 0) is 0 Å². The molecule has 0 heterocycles. The van der Waals surface area contributed by atoms with Gasteiger partial charge >= 0.3 is 0 Å². The summed E-state index contributed by atoms with van der Waals surface area (Å²) in [6, 6.07) is 0. The zero-order chi connectivity index (χ0) is 8.58. The SMILES string of the molecule is FC(F)C(Cl)(Cl)C(Cl)(Cl)Cl. The molecule has 0 atom stereocenters. The van der Waals surface area contributed by atoms with E-state index < -0.39 is 14.6 Å². The van der Waals surface area contributed by atoms with Gasteiger partial charge in [-0.3, -0.25) is 0 Å². The van der Waals surface area contributed by atoms with Crippen molar-refractivity contribution in [3.63, 3.8) is 0 Å². The molecule has 10 heavy (non-hydrogen) atoms. The summed E-state index contributed by atoms with van der Waals surface area (Å²) in [6.07, 6.45) is -3.11. The number of hydrogen-bond acceptors (Lipinski definition) is 0. The standard InChI is InChI=1S/C3HCl5F2/c4-2(5,1(9)10)3(6,7)8/h1H. The Bertz CT molecular complexity index is 117. The molecule has 0 nitrogen and oxygen atoms in total. The van der Waals surface area contributed by atoms with Gasteiger partial charge in [0.2, 0.25) is 8.13 Å². The molecule has 0 N–H and O–H groups in total. The van der Waals surface area contributed by atoms with E-state index in [9.17, 15) is 8.78 Å². The van der Waals surface area contributed by atoms with E-state index in [1.54, 1.807) is 0 Å². The molecular weight excluding hydrogens is 251 g/mol. The molecule has 62 valence electrons. The van der Waals surface area contributed by atoms with Gasteiger partial charge in [-0.15, -0.1) is 0 Å². The Morgan fingerprint density at radius 2 is 1.20 bits per heavy atom. The van der Waals surface area contributed by atoms with Crippen LogP contribution >= 0.6 is 58.0 Å². The minimum Gasteiger partial charge on any atom is -0.207 e. The van der Waals surface area contributed by atoms with Gasteiger partial charge in [0.1, 0.15) is 0 Å². The Hall–Kier alpha value is 1.31. The topological polar surface area (TPSA) is 0 Å². The molecule has 0 aromatic carbocycles. The molecule has 0 aromatic heterocycles. The van der Waals surface area contributed by atoms with Gasteiger partial charge in [0.15, 0.2) is 0 Å². The van der Waals surface area contributed by atoms with Gasteiger partial charge < -0.3 is 0 Å². The molecule has 0 rings (SSSR count). The van der Waals surface area contributed by atoms with Crippen molar-refractivity contribution < 1.29 is 8.78 Å². The maximum Gasteiger partial charge on any atom is 0.275 e. The third-order valence-corrected chi connectivity index (χ3v) is 3.02. The Morgan fingerprint density at radius 1 is 0.900 bits per heavy atom. The minimum absolute atomic E-state index is 2.38. The van der Waals surface area contributed by atoms with Crippen molar-refractivity contribution in [3.05, 3.63) is 0 Å². The van der Waals surface area contributed by atoms with Crippen molar-refractivity contribution in [2.75, 3.05) is 0 Å². The molecule has 0 unspecified atom stereocenters. The lowest BCUT2D eigenvalue weighted by atomic mass is 10.5. The van der Waals surface area contributed by atoms with Crippen LogP contribution in [0.2, 0.25) is 0 Å². The second-order valence-electron chi connectivity index (χ2n) is 1.42. The molecule has 0 saturated heterocycles. The van der Waals surface area contributed by atoms with Crippen molar-refractivity contribution in [2.24, 2.45) is 0 Å². The molecular formula is C3HCl5F2. The van der Waals surface area contributed by atoms with Crippen LogP contribution in [-0.2, 0) is 0 Å². The largest absolute Gasteiger partial charge is 0.275 e. The minimum atomic E-state index is -3.11. The van der Waals surface area contributed by atoms with E-state index in [1.165, 1.54) is 0 Å². The summed E-state index contributed by atoms with van der Waals surface area (Å²) in [4.78, 5) is 0. The lowest BCUT2D eigenvalue weighted by Gasteiger charge is -2.25. The molecule has 0 bridgehead atoms. The van der Waals surface area contributed by atoms with E-state index in [4.69, 9.17) is 58.0 Å². The predicted octanol–water partition coefficient (Wildman–Crippen LogP) is 3.80. The number of hydrogen-bond donors (Lipinski definition) is 0. The fraction of sp³-hybridized carbons (Fsp3) is 1.00. The predicted molar refractivity (Wildman–Crippen MR) is 40.7 cm³/mol. The average Bonchev–Trinajstić information content (AvgIpc) is 1.62. The quantitative estimate of drug-likeness (QED) is 0.623. The van der Waals surface area contributed by atoms with Gasteiger partial charge in [0.25, 0.3) is 6.43 Å². The van der Waals surface area contributed by atoms with Crippen LogP contribution in [-0.4, -0.2) is 14.6 Å². The smallest absolute Gasteiger partial charge is 0.207 e. The van der Waals surface area contributed by atoms with Crippen LogP contribution in [0, 0.1) is 0 Å². The van der Waals surface area contributed by atoms with E-state index in [0.717, 1.165) is 0 Å². The highest BCUT2D eigenvalue weighted by atomic mass is 35.6. The summed E-state index contributed by atoms with van der Waals surface area (Å²) in [6.45, 7) is 0. The van der Waals surface area contributed by atoms with Crippen LogP contribution < -0.4 is 0 Å². The van der Waals surface area contributed by atoms with Gasteiger partial charge in [-0.2, -0.15) is 0 Å². The monoisotopic (exact) mass is 250 g/mol. The third kappa shape index (κ3) is 2.42. The van der Waals surface area contributed by atoms with Gasteiger partial charge in [0.05, 0.1) is 0 Å². The fourth-order valence-electron chi connectivity index (χ4n) is 0.124. The summed E-state index contributed by atoms with van der Waals surface area (Å²) >= 11 is 25.0. The second kappa shape index (κ2) is 3.36. The Kier molecular flexibility index (Phi) is 3.80. The lowest BCUT2D eigenvalue weighted by molar-refractivity contribution is 0.129. The lowest BCUT2D eigenvalue weighted by Crippen LogP contribution is -2.38. The van der Waals surface area contributed by atoms with Crippen LogP contribution in [0.3, 0.4) is 0 Å². The summed E-state index contributed by atoms with van der Waals surface area (Å²) in [5.41, 5.74) is 0. The molecule has 0 spiro atoms. The van der Waals surface area contributed by atoms with Gasteiger partial charge in [-0.1, -0.05) is 58.0 Å². The van der Waals surface area contributed by atoms with E-state index in [-0.39, 0.29) is 0 Å². The first-order valence-electron chi connectivity index (χ1n) is 1.92. The highest BCUT2D eigenvalue weighted by Crippen LogP contribution is 2.49. The van der Waals surface area contributed by atoms with E-state index in [1.807, 2.05) is 0 Å². The highest BCUT2D eigenvalue weighted by Gasteiger charge is 2.53. The van der Waals surface area contributed by atoms with E-state index >= 15 is 0 Å². The van der Waals surface area contributed by atoms with Crippen LogP contribution in [0.1, 0.15) is 0 Å². The first-order valence-corrected chi connectivity index (χ1v) is 3.81. The highest BCUT2D eigenvalue weighted by molar-refractivity contribution is 6.75. The molecule has 0 aliphatic rings. The molecule has 0 aromatic rings. The zero-order valence-electron chi connectivity index (χ0n) is 4.22. The molecule has 0 saturated carbocycles. The maximum absolute atomic E-state index is 11.8. The molecule has 7 heteroatoms. The van der Waals surface area contributed by atoms with Crippen LogP contribution in [0.15, 0.2) is 0 Å². The summed E-state index contributed by atoms with van der Waals surface area (Å²) < 4.78 is 18.5. The Balaban J connectivity index is 4.40. The second-order valence-corrected chi connectivity index (χ2v) is 5.09. The first kappa shape index (κ1) is 11.3. The van der Waals surface area contributed by atoms with E-state index in [0.29, 0.717) is 0 Å². The fourth-order valence-corrected chi connectivity index (χ4v) is 0.371. The first-order chi connectivity index (χ1) is 4.19. The van der Waals surface area contributed by atoms with Crippen LogP contribution in [0.4, 0.5) is 8.78 Å². The summed E-state index contributed by atoms with van der Waals surface area (Å²) in [5, 5.41) is 0. The molecule has 0 fully saturated rings. The van der Waals surface area contributed by atoms with Crippen molar-refractivity contribution in [2.45, 2.75) is 14.6 Å². The normalized spacial score (nSPS) is 14.4. The number of alkyl halides is 7. The zero-order valence-corrected chi connectivity index (χ0v) is 8.00. The Labute approximate surface area is 81.3 Å². The van der Waals surface area contributed by atoms with E-state index in [2.05, 4.69) is 0 Å². The molecule has 0 aliphatic heterocycles. The molecule has 0 radical (unpaired) electrons. The van der Waals surface area contributed by atoms with Crippen LogP contribution in [0.5, 0.6) is 0 Å². The van der Waals surface area contributed by atoms with Gasteiger partial charge in [-0.25, -0.2) is 8.78 Å². The number of halogens is 7. The average molecular weight is 252 g/mol. The Morgan fingerprint density at radius 3 is 1.20 bits per heavy atom. The van der Waals surface area contributed by atoms with Crippen LogP contribution in [0.25, 0.3) is 0 Å². The van der Waals surface area contributed by atoms with Crippen molar-refractivity contribution >= 4 is 58.0 Å². The third-order valence-electron chi connectivity index (χ3n) is 0.652. The maximum atomic E-state index is 11.8. The molecule has 0 aliphatic carbocycles.